The smallest absolute Gasteiger partial charge is 0.419 e. The van der Waals surface area contributed by atoms with Gasteiger partial charge in [0, 0.05) is 0 Å². The number of ether oxygens (including phenoxy) is 1. The van der Waals surface area contributed by atoms with Crippen LogP contribution in [0, 0.1) is 5.92 Å². The van der Waals surface area contributed by atoms with Gasteiger partial charge in [-0.2, -0.15) is 13.2 Å². The van der Waals surface area contributed by atoms with Crippen molar-refractivity contribution in [2.24, 2.45) is 11.7 Å². The second kappa shape index (κ2) is 9.26. The molecule has 0 aromatic heterocycles. The highest BCUT2D eigenvalue weighted by molar-refractivity contribution is 5.87. The monoisotopic (exact) mass is 361 g/mol. The molecule has 1 aromatic carbocycles. The lowest BCUT2D eigenvalue weighted by molar-refractivity contribution is -0.139. The third kappa shape index (κ3) is 7.00. The zero-order valence-electron chi connectivity index (χ0n) is 14.0. The number of benzene rings is 1. The summed E-state index contributed by atoms with van der Waals surface area (Å²) in [5, 5.41) is 4.82. The van der Waals surface area contributed by atoms with E-state index in [-0.39, 0.29) is 31.4 Å². The molecule has 0 unspecified atom stereocenters. The van der Waals surface area contributed by atoms with E-state index < -0.39 is 29.6 Å². The molecule has 1 aromatic rings. The number of carbonyl (C=O) groups is 2. The van der Waals surface area contributed by atoms with E-state index in [1.54, 1.807) is 13.8 Å². The van der Waals surface area contributed by atoms with Crippen LogP contribution in [0.5, 0.6) is 5.75 Å². The average Bonchev–Trinajstić information content (AvgIpc) is 2.55. The van der Waals surface area contributed by atoms with Gasteiger partial charge in [0.05, 0.1) is 24.7 Å². The summed E-state index contributed by atoms with van der Waals surface area (Å²) in [5.74, 6) is -1.30. The van der Waals surface area contributed by atoms with Crippen LogP contribution in [0.4, 0.5) is 13.2 Å². The molecule has 4 N–H and O–H groups in total. The maximum atomic E-state index is 12.8. The highest BCUT2D eigenvalue weighted by atomic mass is 19.4. The summed E-state index contributed by atoms with van der Waals surface area (Å²) < 4.78 is 43.4. The maximum absolute atomic E-state index is 12.8. The average molecular weight is 361 g/mol. The molecule has 2 amide bonds. The minimum absolute atomic E-state index is 0.00285. The van der Waals surface area contributed by atoms with Crippen molar-refractivity contribution in [1.29, 1.82) is 0 Å². The van der Waals surface area contributed by atoms with E-state index in [1.807, 2.05) is 0 Å². The molecule has 0 spiro atoms. The molecular formula is C16H22F3N3O3. The van der Waals surface area contributed by atoms with Gasteiger partial charge in [-0.05, 0) is 18.1 Å². The number of carbonyl (C=O) groups excluding carboxylic acids is 2. The third-order valence-electron chi connectivity index (χ3n) is 3.32. The van der Waals surface area contributed by atoms with Gasteiger partial charge in [0.1, 0.15) is 12.4 Å². The maximum Gasteiger partial charge on any atom is 0.419 e. The van der Waals surface area contributed by atoms with Crippen molar-refractivity contribution in [3.05, 3.63) is 29.8 Å². The summed E-state index contributed by atoms with van der Waals surface area (Å²) in [7, 11) is 0. The van der Waals surface area contributed by atoms with Crippen molar-refractivity contribution in [3.8, 4) is 5.75 Å². The van der Waals surface area contributed by atoms with E-state index in [4.69, 9.17) is 10.5 Å². The van der Waals surface area contributed by atoms with Crippen molar-refractivity contribution >= 4 is 11.8 Å². The Labute approximate surface area is 143 Å². The van der Waals surface area contributed by atoms with Gasteiger partial charge in [0.25, 0.3) is 0 Å². The minimum Gasteiger partial charge on any atom is -0.491 e. The second-order valence-corrected chi connectivity index (χ2v) is 5.68. The first-order chi connectivity index (χ1) is 11.6. The summed E-state index contributed by atoms with van der Waals surface area (Å²) in [6.07, 6.45) is -4.51. The van der Waals surface area contributed by atoms with Gasteiger partial charge >= 0.3 is 6.18 Å². The molecule has 0 aliphatic rings. The molecular weight excluding hydrogens is 339 g/mol. The Morgan fingerprint density at radius 3 is 2.44 bits per heavy atom. The molecule has 0 aliphatic heterocycles. The lowest BCUT2D eigenvalue weighted by atomic mass is 10.1. The van der Waals surface area contributed by atoms with Crippen LogP contribution in [-0.2, 0) is 15.8 Å². The molecule has 0 saturated heterocycles. The van der Waals surface area contributed by atoms with Crippen LogP contribution in [0.3, 0.4) is 0 Å². The quantitative estimate of drug-likeness (QED) is 0.609. The van der Waals surface area contributed by atoms with Crippen LogP contribution in [0.1, 0.15) is 19.4 Å². The predicted molar refractivity (Wildman–Crippen MR) is 85.8 cm³/mol. The van der Waals surface area contributed by atoms with E-state index in [9.17, 15) is 22.8 Å². The van der Waals surface area contributed by atoms with Crippen LogP contribution in [0.25, 0.3) is 0 Å². The number of alkyl halides is 3. The summed E-state index contributed by atoms with van der Waals surface area (Å²) in [6, 6.07) is 4.10. The molecule has 140 valence electrons. The number of nitrogens with two attached hydrogens (primary N) is 1. The Morgan fingerprint density at radius 1 is 1.20 bits per heavy atom. The first kappa shape index (κ1) is 20.8. The number of rotatable bonds is 8. The summed E-state index contributed by atoms with van der Waals surface area (Å²) in [5.41, 5.74) is 4.75. The molecule has 1 rings (SSSR count). The standard InChI is InChI=1S/C16H22F3N3O3/c1-10(2)14(20)15(24)22-9-13(23)21-7-8-25-12-6-4-3-5-11(12)16(17,18)19/h3-6,10,14H,7-9,20H2,1-2H3,(H,21,23)(H,22,24)/t14-/m0/s1. The van der Waals surface area contributed by atoms with Crippen molar-refractivity contribution in [3.63, 3.8) is 0 Å². The predicted octanol–water partition coefficient (Wildman–Crippen LogP) is 1.30. The normalized spacial score (nSPS) is 12.6. The van der Waals surface area contributed by atoms with Gasteiger partial charge in [-0.15, -0.1) is 0 Å². The number of para-hydroxylation sites is 1. The van der Waals surface area contributed by atoms with Crippen molar-refractivity contribution in [1.82, 2.24) is 10.6 Å². The lowest BCUT2D eigenvalue weighted by Gasteiger charge is -2.15. The fourth-order valence-electron chi connectivity index (χ4n) is 1.83. The highest BCUT2D eigenvalue weighted by Gasteiger charge is 2.33. The van der Waals surface area contributed by atoms with Gasteiger partial charge in [0.2, 0.25) is 11.8 Å². The van der Waals surface area contributed by atoms with Gasteiger partial charge in [0.15, 0.2) is 0 Å². The topological polar surface area (TPSA) is 93.5 Å². The fourth-order valence-corrected chi connectivity index (χ4v) is 1.83. The summed E-state index contributed by atoms with van der Waals surface area (Å²) in [6.45, 7) is 3.15. The molecule has 0 bridgehead atoms. The molecule has 0 aliphatic carbocycles. The van der Waals surface area contributed by atoms with E-state index in [2.05, 4.69) is 10.6 Å². The SMILES string of the molecule is CC(C)[C@H](N)C(=O)NCC(=O)NCCOc1ccccc1C(F)(F)F. The van der Waals surface area contributed by atoms with E-state index in [0.717, 1.165) is 6.07 Å². The Bertz CT molecular complexity index is 591. The Balaban J connectivity index is 2.35. The van der Waals surface area contributed by atoms with Crippen LogP contribution in [0.15, 0.2) is 24.3 Å². The number of hydrogen-bond acceptors (Lipinski definition) is 4. The zero-order valence-corrected chi connectivity index (χ0v) is 14.0. The zero-order chi connectivity index (χ0) is 19.0. The van der Waals surface area contributed by atoms with Gasteiger partial charge in [-0.3, -0.25) is 9.59 Å². The Kier molecular flexibility index (Phi) is 7.69. The first-order valence-electron chi connectivity index (χ1n) is 7.72. The molecule has 9 heteroatoms. The summed E-state index contributed by atoms with van der Waals surface area (Å²) in [4.78, 5) is 23.2. The first-order valence-corrected chi connectivity index (χ1v) is 7.72. The van der Waals surface area contributed by atoms with E-state index >= 15 is 0 Å². The van der Waals surface area contributed by atoms with Gasteiger partial charge < -0.3 is 21.1 Å². The molecule has 0 saturated carbocycles. The number of amides is 2. The van der Waals surface area contributed by atoms with Crippen molar-refractivity contribution in [2.45, 2.75) is 26.1 Å². The largest absolute Gasteiger partial charge is 0.491 e. The minimum atomic E-state index is -4.51. The molecule has 0 fully saturated rings. The van der Waals surface area contributed by atoms with Crippen molar-refractivity contribution in [2.75, 3.05) is 19.7 Å². The van der Waals surface area contributed by atoms with E-state index in [0.29, 0.717) is 0 Å². The number of hydrogen-bond donors (Lipinski definition) is 3. The number of halogens is 3. The molecule has 0 heterocycles. The number of nitrogens with one attached hydrogen (secondary N) is 2. The van der Waals surface area contributed by atoms with Gasteiger partial charge in [-0.1, -0.05) is 26.0 Å². The highest BCUT2D eigenvalue weighted by Crippen LogP contribution is 2.35. The Hall–Kier alpha value is -2.29. The van der Waals surface area contributed by atoms with Crippen LogP contribution < -0.4 is 21.1 Å². The van der Waals surface area contributed by atoms with Crippen LogP contribution >= 0.6 is 0 Å². The van der Waals surface area contributed by atoms with E-state index in [1.165, 1.54) is 18.2 Å². The van der Waals surface area contributed by atoms with Gasteiger partial charge in [-0.25, -0.2) is 0 Å². The lowest BCUT2D eigenvalue weighted by Crippen LogP contribution is -2.47. The molecule has 6 nitrogen and oxygen atoms in total. The fraction of sp³-hybridized carbons (Fsp3) is 0.500. The van der Waals surface area contributed by atoms with Crippen molar-refractivity contribution < 1.29 is 27.5 Å². The molecule has 1 atom stereocenters. The molecule has 0 radical (unpaired) electrons. The van der Waals surface area contributed by atoms with Crippen LogP contribution in [0.2, 0.25) is 0 Å². The Morgan fingerprint density at radius 2 is 1.84 bits per heavy atom. The summed E-state index contributed by atoms with van der Waals surface area (Å²) >= 11 is 0. The van der Waals surface area contributed by atoms with Crippen LogP contribution in [-0.4, -0.2) is 37.6 Å². The third-order valence-corrected chi connectivity index (χ3v) is 3.32. The second-order valence-electron chi connectivity index (χ2n) is 5.68. The molecule has 25 heavy (non-hydrogen) atoms.